The van der Waals surface area contributed by atoms with Crippen molar-refractivity contribution in [2.75, 3.05) is 5.75 Å². The second-order valence-electron chi connectivity index (χ2n) is 15.0. The lowest BCUT2D eigenvalue weighted by Gasteiger charge is -2.21. The first-order valence-electron chi connectivity index (χ1n) is 21.8. The van der Waals surface area contributed by atoms with E-state index in [0.29, 0.717) is 0 Å². The number of aliphatic hydroxyl groups is 1. The van der Waals surface area contributed by atoms with Crippen LogP contribution in [0.15, 0.2) is 48.6 Å². The molecule has 0 aromatic carbocycles. The molecule has 0 saturated carbocycles. The molecule has 2 atom stereocenters. The van der Waals surface area contributed by atoms with E-state index in [0.717, 1.165) is 64.2 Å². The third kappa shape index (κ3) is 39.5. The summed E-state index contributed by atoms with van der Waals surface area (Å²) < 4.78 is 32.5. The van der Waals surface area contributed by atoms with Crippen molar-refractivity contribution in [1.82, 2.24) is 5.32 Å². The summed E-state index contributed by atoms with van der Waals surface area (Å²) in [6.45, 7) is 4.52. The number of amides is 1. The maximum atomic E-state index is 12.5. The molecule has 0 aromatic heterocycles. The summed E-state index contributed by atoms with van der Waals surface area (Å²) in [7, 11) is -4.35. The van der Waals surface area contributed by atoms with Gasteiger partial charge in [-0.05, 0) is 57.8 Å². The van der Waals surface area contributed by atoms with Crippen molar-refractivity contribution >= 4 is 16.0 Å². The first-order valence-corrected chi connectivity index (χ1v) is 23.4. The molecule has 0 heterocycles. The molecule has 0 aromatic rings. The second kappa shape index (κ2) is 39.0. The molecule has 52 heavy (non-hydrogen) atoms. The highest BCUT2D eigenvalue weighted by Crippen LogP contribution is 2.14. The van der Waals surface area contributed by atoms with Crippen molar-refractivity contribution in [3.05, 3.63) is 48.6 Å². The molecule has 6 nitrogen and oxygen atoms in total. The second-order valence-corrected chi connectivity index (χ2v) is 16.5. The van der Waals surface area contributed by atoms with Gasteiger partial charge in [-0.3, -0.25) is 9.35 Å². The van der Waals surface area contributed by atoms with Crippen LogP contribution in [0.25, 0.3) is 0 Å². The Hall–Kier alpha value is -1.70. The molecule has 0 aliphatic rings. The summed E-state index contributed by atoms with van der Waals surface area (Å²) in [5.74, 6) is -0.995. The van der Waals surface area contributed by atoms with Crippen molar-refractivity contribution in [2.24, 2.45) is 0 Å². The molecule has 0 fully saturated rings. The Bertz CT molecular complexity index is 1000. The molecular weight excluding hydrogens is 667 g/mol. The Labute approximate surface area is 322 Å². The number of rotatable bonds is 39. The quantitative estimate of drug-likeness (QED) is 0.0330. The minimum Gasteiger partial charge on any atom is -0.387 e. The fraction of sp³-hybridized carbons (Fsp3) is 0.800. The van der Waals surface area contributed by atoms with Crippen LogP contribution >= 0.6 is 0 Å². The molecule has 0 saturated heterocycles. The highest BCUT2D eigenvalue weighted by molar-refractivity contribution is 7.85. The Morgan fingerprint density at radius 2 is 0.865 bits per heavy atom. The molecule has 2 unspecified atom stereocenters. The number of allylic oxidation sites excluding steroid dienone is 7. The van der Waals surface area contributed by atoms with E-state index >= 15 is 0 Å². The fourth-order valence-corrected chi connectivity index (χ4v) is 7.19. The van der Waals surface area contributed by atoms with Gasteiger partial charge in [-0.1, -0.05) is 197 Å². The van der Waals surface area contributed by atoms with E-state index in [4.69, 9.17) is 0 Å². The number of nitrogens with one attached hydrogen (secondary N) is 1. The Kier molecular flexibility index (Phi) is 37.7. The minimum atomic E-state index is -4.35. The molecule has 0 spiro atoms. The van der Waals surface area contributed by atoms with Crippen molar-refractivity contribution in [2.45, 2.75) is 225 Å². The highest BCUT2D eigenvalue weighted by Gasteiger charge is 2.24. The van der Waals surface area contributed by atoms with Gasteiger partial charge in [0.15, 0.2) is 0 Å². The fourth-order valence-electron chi connectivity index (χ4n) is 6.46. The molecule has 7 heteroatoms. The van der Waals surface area contributed by atoms with Crippen LogP contribution in [0, 0.1) is 0 Å². The van der Waals surface area contributed by atoms with E-state index in [-0.39, 0.29) is 12.3 Å². The number of unbranched alkanes of at least 4 members (excludes halogenated alkanes) is 25. The van der Waals surface area contributed by atoms with Gasteiger partial charge >= 0.3 is 0 Å². The van der Waals surface area contributed by atoms with Gasteiger partial charge in [0.2, 0.25) is 5.91 Å². The van der Waals surface area contributed by atoms with E-state index < -0.39 is 28.0 Å². The van der Waals surface area contributed by atoms with E-state index in [2.05, 4.69) is 55.6 Å². The maximum absolute atomic E-state index is 12.5. The molecule has 1 amide bonds. The highest BCUT2D eigenvalue weighted by atomic mass is 32.2. The zero-order valence-electron chi connectivity index (χ0n) is 33.9. The molecule has 0 aliphatic heterocycles. The predicted octanol–water partition coefficient (Wildman–Crippen LogP) is 13.1. The van der Waals surface area contributed by atoms with E-state index in [1.165, 1.54) is 128 Å². The number of hydrogen-bond donors (Lipinski definition) is 3. The summed E-state index contributed by atoms with van der Waals surface area (Å²) in [5.41, 5.74) is 0. The number of carbonyl (C=O) groups excluding carboxylic acids is 1. The van der Waals surface area contributed by atoms with Gasteiger partial charge in [-0.25, -0.2) is 0 Å². The maximum Gasteiger partial charge on any atom is 0.267 e. The monoisotopic (exact) mass is 750 g/mol. The lowest BCUT2D eigenvalue weighted by Crippen LogP contribution is -2.46. The minimum absolute atomic E-state index is 0.280. The Morgan fingerprint density at radius 3 is 1.27 bits per heavy atom. The molecule has 0 radical (unpaired) electrons. The lowest BCUT2D eigenvalue weighted by atomic mass is 10.0. The van der Waals surface area contributed by atoms with Gasteiger partial charge < -0.3 is 10.4 Å². The van der Waals surface area contributed by atoms with Crippen LogP contribution in [0.5, 0.6) is 0 Å². The van der Waals surface area contributed by atoms with Crippen LogP contribution in [0.3, 0.4) is 0 Å². The van der Waals surface area contributed by atoms with Gasteiger partial charge in [0.05, 0.1) is 17.9 Å². The summed E-state index contributed by atoms with van der Waals surface area (Å²) in [6.07, 6.45) is 52.3. The topological polar surface area (TPSA) is 104 Å². The summed E-state index contributed by atoms with van der Waals surface area (Å²) >= 11 is 0. The third-order valence-corrected chi connectivity index (χ3v) is 10.5. The van der Waals surface area contributed by atoms with Crippen LogP contribution in [0.1, 0.15) is 213 Å². The Morgan fingerprint density at radius 1 is 0.519 bits per heavy atom. The van der Waals surface area contributed by atoms with E-state index in [1.54, 1.807) is 6.08 Å². The van der Waals surface area contributed by atoms with Crippen LogP contribution in [-0.2, 0) is 14.9 Å². The zero-order chi connectivity index (χ0) is 38.2. The SMILES string of the molecule is CCCCCCC/C=C\C/C=C\C/C=C\CCCCCCCCC(=O)NC(CS(=O)(=O)O)C(O)/C=C/CCCCCCCCCCCCCCCC. The molecule has 0 bridgehead atoms. The summed E-state index contributed by atoms with van der Waals surface area (Å²) in [6, 6.07) is -1.06. The van der Waals surface area contributed by atoms with Crippen LogP contribution in [-0.4, -0.2) is 41.9 Å². The van der Waals surface area contributed by atoms with E-state index in [1.807, 2.05) is 6.08 Å². The number of hydrogen-bond acceptors (Lipinski definition) is 4. The van der Waals surface area contributed by atoms with E-state index in [9.17, 15) is 22.9 Å². The average molecular weight is 750 g/mol. The smallest absolute Gasteiger partial charge is 0.267 e. The molecular formula is C45H83NO5S. The van der Waals surface area contributed by atoms with Crippen molar-refractivity contribution in [1.29, 1.82) is 0 Å². The van der Waals surface area contributed by atoms with Crippen LogP contribution < -0.4 is 5.32 Å². The molecule has 0 aliphatic carbocycles. The van der Waals surface area contributed by atoms with Gasteiger partial charge in [0, 0.05) is 6.42 Å². The zero-order valence-corrected chi connectivity index (χ0v) is 34.7. The van der Waals surface area contributed by atoms with Crippen LogP contribution in [0.2, 0.25) is 0 Å². The van der Waals surface area contributed by atoms with Crippen LogP contribution in [0.4, 0.5) is 0 Å². The van der Waals surface area contributed by atoms with Crippen molar-refractivity contribution in [3.8, 4) is 0 Å². The molecule has 304 valence electrons. The van der Waals surface area contributed by atoms with Gasteiger partial charge in [-0.15, -0.1) is 0 Å². The largest absolute Gasteiger partial charge is 0.387 e. The van der Waals surface area contributed by atoms with Gasteiger partial charge in [0.25, 0.3) is 10.1 Å². The number of carbonyl (C=O) groups is 1. The average Bonchev–Trinajstić information content (AvgIpc) is 3.11. The summed E-state index contributed by atoms with van der Waals surface area (Å²) in [5, 5.41) is 13.2. The van der Waals surface area contributed by atoms with Gasteiger partial charge in [0.1, 0.15) is 0 Å². The first kappa shape index (κ1) is 50.3. The standard InChI is InChI=1S/C45H83NO5S/c1-3-5-7-9-11-13-15-17-19-21-22-23-24-25-27-29-31-33-35-37-39-41-45(48)46-43(42-52(49,50)51)44(47)40-38-36-34-32-30-28-26-20-18-16-14-12-10-8-6-4-2/h15,17,21-22,24-25,38,40,43-44,47H,3-14,16,18-20,23,26-37,39,41-42H2,1-2H3,(H,46,48)(H,49,50,51)/b17-15-,22-21-,25-24-,40-38+. The van der Waals surface area contributed by atoms with Crippen molar-refractivity contribution < 1.29 is 22.9 Å². The first-order chi connectivity index (χ1) is 25.3. The van der Waals surface area contributed by atoms with Crippen molar-refractivity contribution in [3.63, 3.8) is 0 Å². The lowest BCUT2D eigenvalue weighted by molar-refractivity contribution is -0.122. The normalized spacial score (nSPS) is 13.7. The molecule has 3 N–H and O–H groups in total. The van der Waals surface area contributed by atoms with Gasteiger partial charge in [-0.2, -0.15) is 8.42 Å². The third-order valence-electron chi connectivity index (χ3n) is 9.75. The number of aliphatic hydroxyl groups excluding tert-OH is 1. The predicted molar refractivity (Wildman–Crippen MR) is 225 cm³/mol. The molecule has 0 rings (SSSR count). The Balaban J connectivity index is 3.93. The summed E-state index contributed by atoms with van der Waals surface area (Å²) in [4.78, 5) is 12.5.